The molecule has 17 heavy (non-hydrogen) atoms. The summed E-state index contributed by atoms with van der Waals surface area (Å²) >= 11 is 4.87. The van der Waals surface area contributed by atoms with Gasteiger partial charge < -0.3 is 5.73 Å². The van der Waals surface area contributed by atoms with Crippen LogP contribution in [0.15, 0.2) is 0 Å². The lowest BCUT2D eigenvalue weighted by molar-refractivity contribution is 0.217. The summed E-state index contributed by atoms with van der Waals surface area (Å²) in [6.07, 6.45) is 2.43. The van der Waals surface area contributed by atoms with Crippen LogP contribution in [-0.2, 0) is 10.0 Å². The highest BCUT2D eigenvalue weighted by Crippen LogP contribution is 2.26. The minimum Gasteiger partial charge on any atom is -0.392 e. The normalized spacial score (nSPS) is 28.9. The van der Waals surface area contributed by atoms with Crippen LogP contribution in [0, 0.1) is 5.92 Å². The average Bonchev–Trinajstić information content (AvgIpc) is 2.21. The lowest BCUT2D eigenvalue weighted by Crippen LogP contribution is -2.51. The highest BCUT2D eigenvalue weighted by molar-refractivity contribution is 7.92. The van der Waals surface area contributed by atoms with E-state index in [1.165, 1.54) is 0 Å². The number of thiocarbonyl (C=S) groups is 1. The molecule has 1 aliphatic heterocycles. The fourth-order valence-corrected chi connectivity index (χ4v) is 4.97. The standard InChI is InChI=1S/C11H22N2O2S2/c1-4-10(11(12)16)17(14,15)13-7-8(2)5-6-9(13)3/h8-10H,4-7H2,1-3H3,(H2,12,16). The first kappa shape index (κ1) is 14.9. The zero-order chi connectivity index (χ0) is 13.2. The van der Waals surface area contributed by atoms with E-state index in [-0.39, 0.29) is 11.0 Å². The summed E-state index contributed by atoms with van der Waals surface area (Å²) < 4.78 is 26.5. The van der Waals surface area contributed by atoms with Crippen molar-refractivity contribution in [3.8, 4) is 0 Å². The number of nitrogens with zero attached hydrogens (tertiary/aromatic N) is 1. The number of rotatable bonds is 4. The molecule has 3 unspecified atom stereocenters. The highest BCUT2D eigenvalue weighted by atomic mass is 32.2. The van der Waals surface area contributed by atoms with Crippen LogP contribution < -0.4 is 5.73 Å². The van der Waals surface area contributed by atoms with Crippen molar-refractivity contribution in [3.63, 3.8) is 0 Å². The summed E-state index contributed by atoms with van der Waals surface area (Å²) in [7, 11) is -3.39. The maximum atomic E-state index is 12.5. The van der Waals surface area contributed by atoms with E-state index in [0.29, 0.717) is 18.9 Å². The fraction of sp³-hybridized carbons (Fsp3) is 0.909. The first-order chi connectivity index (χ1) is 7.80. The molecule has 0 bridgehead atoms. The predicted octanol–water partition coefficient (Wildman–Crippen LogP) is 1.50. The van der Waals surface area contributed by atoms with Gasteiger partial charge in [0.25, 0.3) is 0 Å². The predicted molar refractivity (Wildman–Crippen MR) is 74.4 cm³/mol. The van der Waals surface area contributed by atoms with Crippen LogP contribution in [0.5, 0.6) is 0 Å². The minimum absolute atomic E-state index is 0.0552. The van der Waals surface area contributed by atoms with Crippen molar-refractivity contribution in [2.24, 2.45) is 11.7 Å². The molecule has 1 fully saturated rings. The topological polar surface area (TPSA) is 63.4 Å². The van der Waals surface area contributed by atoms with E-state index >= 15 is 0 Å². The number of hydrogen-bond acceptors (Lipinski definition) is 3. The molecule has 0 aromatic rings. The third-order valence-electron chi connectivity index (χ3n) is 3.44. The maximum Gasteiger partial charge on any atom is 0.223 e. The molecular formula is C11H22N2O2S2. The van der Waals surface area contributed by atoms with Gasteiger partial charge in [0.05, 0.1) is 4.99 Å². The molecule has 3 atom stereocenters. The van der Waals surface area contributed by atoms with Gasteiger partial charge in [-0.1, -0.05) is 26.1 Å². The summed E-state index contributed by atoms with van der Waals surface area (Å²) in [5, 5.41) is -0.717. The Hall–Kier alpha value is -0.200. The molecule has 2 N–H and O–H groups in total. The Labute approximate surface area is 110 Å². The zero-order valence-electron chi connectivity index (χ0n) is 10.7. The lowest BCUT2D eigenvalue weighted by atomic mass is 9.97. The number of sulfonamides is 1. The summed E-state index contributed by atoms with van der Waals surface area (Å²) in [6.45, 7) is 6.42. The Morgan fingerprint density at radius 2 is 2.06 bits per heavy atom. The van der Waals surface area contributed by atoms with Gasteiger partial charge >= 0.3 is 0 Å². The van der Waals surface area contributed by atoms with Crippen molar-refractivity contribution >= 4 is 27.2 Å². The third kappa shape index (κ3) is 3.17. The van der Waals surface area contributed by atoms with Crippen LogP contribution in [-0.4, -0.2) is 35.5 Å². The zero-order valence-corrected chi connectivity index (χ0v) is 12.4. The largest absolute Gasteiger partial charge is 0.392 e. The van der Waals surface area contributed by atoms with Gasteiger partial charge in [-0.15, -0.1) is 0 Å². The van der Waals surface area contributed by atoms with Gasteiger partial charge in [0, 0.05) is 12.6 Å². The van der Waals surface area contributed by atoms with Crippen molar-refractivity contribution in [3.05, 3.63) is 0 Å². The second-order valence-corrected chi connectivity index (χ2v) is 7.48. The van der Waals surface area contributed by atoms with Gasteiger partial charge in [0.2, 0.25) is 10.0 Å². The summed E-state index contributed by atoms with van der Waals surface area (Å²) in [5.74, 6) is 0.407. The minimum atomic E-state index is -3.39. The molecule has 0 radical (unpaired) electrons. The SMILES string of the molecule is CCC(C(N)=S)S(=O)(=O)N1CC(C)CCC1C. The Morgan fingerprint density at radius 3 is 2.53 bits per heavy atom. The summed E-state index contributed by atoms with van der Waals surface area (Å²) in [5.41, 5.74) is 5.55. The number of piperidine rings is 1. The van der Waals surface area contributed by atoms with Crippen molar-refractivity contribution in [2.75, 3.05) is 6.54 Å². The average molecular weight is 278 g/mol. The van der Waals surface area contributed by atoms with Crippen LogP contribution in [0.3, 0.4) is 0 Å². The summed E-state index contributed by atoms with van der Waals surface area (Å²) in [4.78, 5) is 0.0814. The van der Waals surface area contributed by atoms with Gasteiger partial charge in [-0.3, -0.25) is 0 Å². The number of nitrogens with two attached hydrogens (primary N) is 1. The molecule has 1 saturated heterocycles. The molecule has 1 rings (SSSR count). The molecule has 0 aromatic heterocycles. The lowest BCUT2D eigenvalue weighted by Gasteiger charge is -2.37. The van der Waals surface area contributed by atoms with Gasteiger partial charge in [-0.05, 0) is 32.1 Å². The van der Waals surface area contributed by atoms with Gasteiger partial charge in [-0.2, -0.15) is 4.31 Å². The van der Waals surface area contributed by atoms with Crippen molar-refractivity contribution < 1.29 is 8.42 Å². The second kappa shape index (κ2) is 5.63. The van der Waals surface area contributed by atoms with Gasteiger partial charge in [0.1, 0.15) is 5.25 Å². The molecule has 0 aliphatic carbocycles. The molecule has 100 valence electrons. The molecule has 4 nitrogen and oxygen atoms in total. The van der Waals surface area contributed by atoms with Crippen LogP contribution in [0.25, 0.3) is 0 Å². The van der Waals surface area contributed by atoms with Crippen molar-refractivity contribution in [1.82, 2.24) is 4.31 Å². The Morgan fingerprint density at radius 1 is 1.47 bits per heavy atom. The molecule has 0 spiro atoms. The van der Waals surface area contributed by atoms with E-state index in [9.17, 15) is 8.42 Å². The first-order valence-corrected chi connectivity index (χ1v) is 8.01. The molecule has 1 heterocycles. The van der Waals surface area contributed by atoms with Crippen LogP contribution in [0.4, 0.5) is 0 Å². The molecule has 0 saturated carbocycles. The monoisotopic (exact) mass is 278 g/mol. The Bertz CT molecular complexity index is 381. The molecule has 1 aliphatic rings. The molecule has 0 amide bonds. The Balaban J connectivity index is 2.99. The van der Waals surface area contributed by atoms with Crippen LogP contribution >= 0.6 is 12.2 Å². The van der Waals surface area contributed by atoms with E-state index in [1.807, 2.05) is 6.92 Å². The van der Waals surface area contributed by atoms with Crippen molar-refractivity contribution in [2.45, 2.75) is 51.3 Å². The van der Waals surface area contributed by atoms with E-state index < -0.39 is 15.3 Å². The van der Waals surface area contributed by atoms with Crippen LogP contribution in [0.2, 0.25) is 0 Å². The molecule has 0 aromatic carbocycles. The van der Waals surface area contributed by atoms with Gasteiger partial charge in [-0.25, -0.2) is 8.42 Å². The third-order valence-corrected chi connectivity index (χ3v) is 6.34. The maximum absolute atomic E-state index is 12.5. The van der Waals surface area contributed by atoms with E-state index in [4.69, 9.17) is 18.0 Å². The van der Waals surface area contributed by atoms with Crippen molar-refractivity contribution in [1.29, 1.82) is 0 Å². The first-order valence-electron chi connectivity index (χ1n) is 6.10. The van der Waals surface area contributed by atoms with E-state index in [1.54, 1.807) is 11.2 Å². The van der Waals surface area contributed by atoms with E-state index in [0.717, 1.165) is 12.8 Å². The fourth-order valence-electron chi connectivity index (χ4n) is 2.32. The second-order valence-electron chi connectivity index (χ2n) is 4.95. The van der Waals surface area contributed by atoms with Gasteiger partial charge in [0.15, 0.2) is 0 Å². The smallest absolute Gasteiger partial charge is 0.223 e. The molecule has 6 heteroatoms. The molecular weight excluding hydrogens is 256 g/mol. The highest BCUT2D eigenvalue weighted by Gasteiger charge is 2.38. The summed E-state index contributed by atoms with van der Waals surface area (Å²) in [6, 6.07) is 0.0552. The van der Waals surface area contributed by atoms with Crippen LogP contribution in [0.1, 0.15) is 40.0 Å². The Kier molecular flexibility index (Phi) is 4.92. The quantitative estimate of drug-likeness (QED) is 0.792. The van der Waals surface area contributed by atoms with E-state index in [2.05, 4.69) is 6.92 Å². The number of hydrogen-bond donors (Lipinski definition) is 1.